The predicted molar refractivity (Wildman–Crippen MR) is 90.6 cm³/mol. The van der Waals surface area contributed by atoms with Crippen LogP contribution in [0.5, 0.6) is 0 Å². The third-order valence-corrected chi connectivity index (χ3v) is 4.04. The summed E-state index contributed by atoms with van der Waals surface area (Å²) >= 11 is 0. The van der Waals surface area contributed by atoms with Gasteiger partial charge in [0.15, 0.2) is 5.78 Å². The number of carbonyl (C=O) groups excluding carboxylic acids is 1. The molecule has 0 saturated carbocycles. The fraction of sp³-hybridized carbons (Fsp3) is 0. The van der Waals surface area contributed by atoms with Crippen molar-refractivity contribution in [2.75, 3.05) is 0 Å². The topological polar surface area (TPSA) is 67.5 Å². The van der Waals surface area contributed by atoms with Crippen molar-refractivity contribution in [1.29, 1.82) is 0 Å². The second-order valence-electron chi connectivity index (χ2n) is 5.49. The van der Waals surface area contributed by atoms with Gasteiger partial charge in [0.2, 0.25) is 0 Å². The predicted octanol–water partition coefficient (Wildman–Crippen LogP) is 4.52. The minimum atomic E-state index is -1.12. The van der Waals surface area contributed by atoms with Crippen molar-refractivity contribution in [3.8, 4) is 0 Å². The first-order valence-corrected chi connectivity index (χ1v) is 7.43. The van der Waals surface area contributed by atoms with Crippen LogP contribution >= 0.6 is 0 Å². The van der Waals surface area contributed by atoms with Gasteiger partial charge in [0.05, 0.1) is 5.56 Å². The molecule has 116 valence electrons. The summed E-state index contributed by atoms with van der Waals surface area (Å²) in [4.78, 5) is 24.0. The molecule has 1 N–H and O–H groups in total. The van der Waals surface area contributed by atoms with Crippen LogP contribution in [0.1, 0.15) is 26.3 Å². The standard InChI is InChI=1S/C20H12O4/c21-19(15-6-1-2-7-16(15)20(22)23)12-9-10-14-13-5-3-4-8-17(13)24-18(14)11-12/h1-11H,(H,22,23). The summed E-state index contributed by atoms with van der Waals surface area (Å²) in [6, 6.07) is 19.0. The van der Waals surface area contributed by atoms with E-state index in [-0.39, 0.29) is 16.9 Å². The van der Waals surface area contributed by atoms with Crippen molar-refractivity contribution in [1.82, 2.24) is 0 Å². The minimum Gasteiger partial charge on any atom is -0.478 e. The number of ketones is 1. The summed E-state index contributed by atoms with van der Waals surface area (Å²) in [5.41, 5.74) is 1.92. The summed E-state index contributed by atoms with van der Waals surface area (Å²) in [5.74, 6) is -1.46. The van der Waals surface area contributed by atoms with Crippen molar-refractivity contribution in [2.45, 2.75) is 0 Å². The van der Waals surface area contributed by atoms with Gasteiger partial charge in [-0.1, -0.05) is 42.5 Å². The highest BCUT2D eigenvalue weighted by Crippen LogP contribution is 2.29. The van der Waals surface area contributed by atoms with Gasteiger partial charge in [-0.25, -0.2) is 4.79 Å². The smallest absolute Gasteiger partial charge is 0.336 e. The molecule has 3 aromatic carbocycles. The molecule has 0 atom stereocenters. The first kappa shape index (κ1) is 14.2. The lowest BCUT2D eigenvalue weighted by Crippen LogP contribution is -2.09. The highest BCUT2D eigenvalue weighted by molar-refractivity contribution is 6.16. The minimum absolute atomic E-state index is 0.00722. The summed E-state index contributed by atoms with van der Waals surface area (Å²) in [6.45, 7) is 0. The second-order valence-corrected chi connectivity index (χ2v) is 5.49. The monoisotopic (exact) mass is 316 g/mol. The van der Waals surface area contributed by atoms with Crippen LogP contribution in [0.3, 0.4) is 0 Å². The fourth-order valence-electron chi connectivity index (χ4n) is 2.89. The average Bonchev–Trinajstić information content (AvgIpc) is 2.98. The van der Waals surface area contributed by atoms with E-state index in [1.165, 1.54) is 12.1 Å². The first-order chi connectivity index (χ1) is 11.6. The SMILES string of the molecule is O=C(O)c1ccccc1C(=O)c1ccc2c(c1)oc1ccccc12. The van der Waals surface area contributed by atoms with Gasteiger partial charge in [0.25, 0.3) is 0 Å². The molecule has 0 saturated heterocycles. The van der Waals surface area contributed by atoms with E-state index in [0.29, 0.717) is 11.1 Å². The molecule has 0 bridgehead atoms. The Bertz CT molecular complexity index is 1100. The zero-order valence-corrected chi connectivity index (χ0v) is 12.5. The van der Waals surface area contributed by atoms with Crippen LogP contribution in [0, 0.1) is 0 Å². The Morgan fingerprint density at radius 2 is 1.42 bits per heavy atom. The number of aromatic carboxylic acids is 1. The number of hydrogen-bond donors (Lipinski definition) is 1. The highest BCUT2D eigenvalue weighted by Gasteiger charge is 2.18. The molecule has 4 heteroatoms. The molecular weight excluding hydrogens is 304 g/mol. The number of hydrogen-bond acceptors (Lipinski definition) is 3. The van der Waals surface area contributed by atoms with Crippen LogP contribution in [0.15, 0.2) is 71.1 Å². The fourth-order valence-corrected chi connectivity index (χ4v) is 2.89. The van der Waals surface area contributed by atoms with E-state index in [1.807, 2.05) is 30.3 Å². The summed E-state index contributed by atoms with van der Waals surface area (Å²) < 4.78 is 5.79. The van der Waals surface area contributed by atoms with Crippen molar-refractivity contribution < 1.29 is 19.1 Å². The van der Waals surface area contributed by atoms with Crippen LogP contribution in [0.4, 0.5) is 0 Å². The first-order valence-electron chi connectivity index (χ1n) is 7.43. The molecular formula is C20H12O4. The van der Waals surface area contributed by atoms with Crippen LogP contribution in [0.25, 0.3) is 21.9 Å². The molecule has 0 fully saturated rings. The summed E-state index contributed by atoms with van der Waals surface area (Å²) in [5, 5.41) is 11.2. The van der Waals surface area contributed by atoms with Crippen molar-refractivity contribution in [2.24, 2.45) is 0 Å². The molecule has 4 rings (SSSR count). The van der Waals surface area contributed by atoms with E-state index in [9.17, 15) is 14.7 Å². The van der Waals surface area contributed by atoms with E-state index in [4.69, 9.17) is 4.42 Å². The van der Waals surface area contributed by atoms with Crippen LogP contribution < -0.4 is 0 Å². The second kappa shape index (κ2) is 5.35. The molecule has 0 aliphatic rings. The molecule has 0 spiro atoms. The van der Waals surface area contributed by atoms with E-state index < -0.39 is 5.97 Å². The number of carboxylic acid groups (broad SMARTS) is 1. The maximum atomic E-state index is 12.7. The maximum Gasteiger partial charge on any atom is 0.336 e. The Balaban J connectivity index is 1.86. The zero-order chi connectivity index (χ0) is 16.7. The molecule has 4 nitrogen and oxygen atoms in total. The molecule has 0 aliphatic carbocycles. The highest BCUT2D eigenvalue weighted by atomic mass is 16.4. The average molecular weight is 316 g/mol. The number of carbonyl (C=O) groups is 2. The van der Waals surface area contributed by atoms with Crippen molar-refractivity contribution >= 4 is 33.7 Å². The lowest BCUT2D eigenvalue weighted by molar-refractivity contribution is 0.0693. The largest absolute Gasteiger partial charge is 0.478 e. The van der Waals surface area contributed by atoms with E-state index in [0.717, 1.165) is 16.4 Å². The van der Waals surface area contributed by atoms with Gasteiger partial charge in [0, 0.05) is 21.9 Å². The van der Waals surface area contributed by atoms with E-state index >= 15 is 0 Å². The third kappa shape index (κ3) is 2.16. The Labute approximate surface area is 136 Å². The Morgan fingerprint density at radius 3 is 2.21 bits per heavy atom. The van der Waals surface area contributed by atoms with Gasteiger partial charge >= 0.3 is 5.97 Å². The molecule has 1 aromatic heterocycles. The zero-order valence-electron chi connectivity index (χ0n) is 12.5. The lowest BCUT2D eigenvalue weighted by Gasteiger charge is -2.05. The van der Waals surface area contributed by atoms with Gasteiger partial charge in [-0.3, -0.25) is 4.79 Å². The quantitative estimate of drug-likeness (QED) is 0.564. The molecule has 0 unspecified atom stereocenters. The normalized spacial score (nSPS) is 11.0. The van der Waals surface area contributed by atoms with E-state index in [2.05, 4.69) is 0 Å². The lowest BCUT2D eigenvalue weighted by atomic mass is 9.97. The third-order valence-electron chi connectivity index (χ3n) is 4.04. The number of rotatable bonds is 3. The Kier molecular flexibility index (Phi) is 3.17. The Morgan fingerprint density at radius 1 is 0.750 bits per heavy atom. The van der Waals surface area contributed by atoms with Gasteiger partial charge in [-0.2, -0.15) is 0 Å². The maximum absolute atomic E-state index is 12.7. The molecule has 4 aromatic rings. The molecule has 0 aliphatic heterocycles. The molecule has 0 radical (unpaired) electrons. The molecule has 0 amide bonds. The van der Waals surface area contributed by atoms with Crippen molar-refractivity contribution in [3.05, 3.63) is 83.4 Å². The summed E-state index contributed by atoms with van der Waals surface area (Å²) in [7, 11) is 0. The number of carboxylic acids is 1. The van der Waals surface area contributed by atoms with Gasteiger partial charge < -0.3 is 9.52 Å². The summed E-state index contributed by atoms with van der Waals surface area (Å²) in [6.07, 6.45) is 0. The van der Waals surface area contributed by atoms with E-state index in [1.54, 1.807) is 24.3 Å². The van der Waals surface area contributed by atoms with Crippen molar-refractivity contribution in [3.63, 3.8) is 0 Å². The van der Waals surface area contributed by atoms with Crippen LogP contribution in [-0.4, -0.2) is 16.9 Å². The molecule has 24 heavy (non-hydrogen) atoms. The number of para-hydroxylation sites is 1. The molecule has 1 heterocycles. The van der Waals surface area contributed by atoms with Gasteiger partial charge in [0.1, 0.15) is 11.2 Å². The Hall–Kier alpha value is -3.40. The number of benzene rings is 3. The van der Waals surface area contributed by atoms with Gasteiger partial charge in [-0.15, -0.1) is 0 Å². The number of furan rings is 1. The van der Waals surface area contributed by atoms with Crippen LogP contribution in [-0.2, 0) is 0 Å². The van der Waals surface area contributed by atoms with Gasteiger partial charge in [-0.05, 0) is 24.3 Å². The number of fused-ring (bicyclic) bond motifs is 3. The van der Waals surface area contributed by atoms with Crippen LogP contribution in [0.2, 0.25) is 0 Å².